The minimum Gasteiger partial charge on any atom is -0.497 e. The largest absolute Gasteiger partial charge is 0.497 e. The van der Waals surface area contributed by atoms with Crippen LogP contribution in [0.3, 0.4) is 0 Å². The Morgan fingerprint density at radius 2 is 1.70 bits per heavy atom. The maximum atomic E-state index is 14.8. The van der Waals surface area contributed by atoms with Crippen molar-refractivity contribution in [1.29, 1.82) is 0 Å². The first-order valence-electron chi connectivity index (χ1n) is 17.1. The normalized spacial score (nSPS) is 27.3. The molecule has 1 N–H and O–H groups in total. The SMILES string of the molecule is COc1ccc2c(c1)C1C[C@]1(C(=O)N1CC3CCC(C1)N3C)Cn1c-2c(C2CCCCC2)c2ccc(C(=O)NS(=O)(=O)N(C)C)cc21. The average Bonchev–Trinajstić information content (AvgIpc) is 3.69. The van der Waals surface area contributed by atoms with Crippen LogP contribution in [0.25, 0.3) is 22.2 Å². The molecule has 4 heterocycles. The van der Waals surface area contributed by atoms with E-state index in [0.717, 1.165) is 77.4 Å². The van der Waals surface area contributed by atoms with Crippen LogP contribution in [0.5, 0.6) is 5.75 Å². The summed E-state index contributed by atoms with van der Waals surface area (Å²) in [5.41, 5.74) is 5.31. The van der Waals surface area contributed by atoms with Gasteiger partial charge in [-0.15, -0.1) is 0 Å². The van der Waals surface area contributed by atoms with Crippen LogP contribution in [0.2, 0.25) is 0 Å². The first-order chi connectivity index (χ1) is 22.5. The number of rotatable bonds is 6. The van der Waals surface area contributed by atoms with Gasteiger partial charge >= 0.3 is 10.2 Å². The number of nitrogens with zero attached hydrogens (tertiary/aromatic N) is 4. The third kappa shape index (κ3) is 4.83. The molecule has 10 nitrogen and oxygen atoms in total. The summed E-state index contributed by atoms with van der Waals surface area (Å²) in [6.07, 6.45) is 8.80. The molecule has 4 fully saturated rings. The molecule has 0 spiro atoms. The van der Waals surface area contributed by atoms with Gasteiger partial charge in [0.15, 0.2) is 0 Å². The second-order valence-corrected chi connectivity index (χ2v) is 16.6. The number of ether oxygens (including phenoxy) is 1. The number of benzene rings is 2. The molecule has 47 heavy (non-hydrogen) atoms. The van der Waals surface area contributed by atoms with Crippen molar-refractivity contribution in [2.75, 3.05) is 41.3 Å². The molecule has 5 aliphatic rings. The molecular formula is C36H45N5O5S. The van der Waals surface area contributed by atoms with Gasteiger partial charge in [0, 0.05) is 73.8 Å². The summed E-state index contributed by atoms with van der Waals surface area (Å²) >= 11 is 0. The lowest BCUT2D eigenvalue weighted by Crippen LogP contribution is -2.55. The lowest BCUT2D eigenvalue weighted by atomic mass is 9.81. The van der Waals surface area contributed by atoms with Crippen molar-refractivity contribution in [2.24, 2.45) is 5.41 Å². The lowest BCUT2D eigenvalue weighted by molar-refractivity contribution is -0.141. The summed E-state index contributed by atoms with van der Waals surface area (Å²) in [5.74, 6) is 0.793. The fourth-order valence-corrected chi connectivity index (χ4v) is 9.82. The minimum absolute atomic E-state index is 0.0725. The van der Waals surface area contributed by atoms with Crippen molar-refractivity contribution >= 4 is 32.9 Å². The molecule has 2 aromatic carbocycles. The van der Waals surface area contributed by atoms with E-state index in [2.05, 4.69) is 38.3 Å². The van der Waals surface area contributed by atoms with E-state index >= 15 is 0 Å². The first-order valence-corrected chi connectivity index (χ1v) is 18.6. The predicted octanol–water partition coefficient (Wildman–Crippen LogP) is 4.69. The molecule has 11 heteroatoms. The molecule has 250 valence electrons. The van der Waals surface area contributed by atoms with Crippen molar-refractivity contribution in [2.45, 2.75) is 81.8 Å². The number of aromatic nitrogens is 1. The van der Waals surface area contributed by atoms with Gasteiger partial charge in [-0.2, -0.15) is 12.7 Å². The summed E-state index contributed by atoms with van der Waals surface area (Å²) in [7, 11) is 2.71. The van der Waals surface area contributed by atoms with Crippen LogP contribution in [0.4, 0.5) is 0 Å². The summed E-state index contributed by atoms with van der Waals surface area (Å²) in [6, 6.07) is 12.7. The molecular weight excluding hydrogens is 614 g/mol. The van der Waals surface area contributed by atoms with E-state index in [1.165, 1.54) is 44.5 Å². The van der Waals surface area contributed by atoms with E-state index in [1.807, 2.05) is 18.2 Å². The molecule has 2 saturated heterocycles. The molecule has 3 aliphatic heterocycles. The number of likely N-dealkylation sites (N-methyl/N-ethyl adjacent to an activating group) is 1. The Balaban J connectivity index is 1.31. The van der Waals surface area contributed by atoms with Crippen molar-refractivity contribution in [3.63, 3.8) is 0 Å². The van der Waals surface area contributed by atoms with Gasteiger partial charge in [-0.3, -0.25) is 14.5 Å². The van der Waals surface area contributed by atoms with Crippen molar-refractivity contribution < 1.29 is 22.7 Å². The Hall–Kier alpha value is -3.41. The van der Waals surface area contributed by atoms with Crippen LogP contribution in [-0.4, -0.2) is 92.3 Å². The number of methoxy groups -OCH3 is 1. The highest BCUT2D eigenvalue weighted by Gasteiger charge is 2.64. The number of fused-ring (bicyclic) bond motifs is 9. The van der Waals surface area contributed by atoms with Crippen molar-refractivity contribution in [3.8, 4) is 17.0 Å². The summed E-state index contributed by atoms with van der Waals surface area (Å²) in [4.78, 5) is 32.8. The van der Waals surface area contributed by atoms with Crippen LogP contribution in [-0.2, 0) is 21.5 Å². The van der Waals surface area contributed by atoms with Gasteiger partial charge in [0.2, 0.25) is 5.91 Å². The standard InChI is InChI=1S/C36H45N5O5S/c1-38(2)47(44,45)37-34(42)23-10-14-28-31(16-23)41-21-36(35(43)40-19-24-11-12-25(20-40)39(24)3)18-30(36)29-17-26(46-4)13-15-27(29)33(41)32(28)22-8-6-5-7-9-22/h10,13-17,22,24-25,30H,5-9,11-12,18-21H2,1-4H3,(H,37,42)/t24?,25?,30?,36-/m0/s1. The van der Waals surface area contributed by atoms with Crippen molar-refractivity contribution in [3.05, 3.63) is 53.1 Å². The molecule has 2 bridgehead atoms. The Kier molecular flexibility index (Phi) is 7.27. The number of carbonyl (C=O) groups excluding carboxylic acids is 2. The summed E-state index contributed by atoms with van der Waals surface area (Å²) < 4.78 is 36.4. The Morgan fingerprint density at radius 3 is 2.38 bits per heavy atom. The topological polar surface area (TPSA) is 104 Å². The van der Waals surface area contributed by atoms with Gasteiger partial charge in [-0.05, 0) is 86.5 Å². The predicted molar refractivity (Wildman–Crippen MR) is 181 cm³/mol. The van der Waals surface area contributed by atoms with E-state index in [9.17, 15) is 18.0 Å². The second-order valence-electron chi connectivity index (χ2n) is 14.8. The fraction of sp³-hybridized carbons (Fsp3) is 0.556. The summed E-state index contributed by atoms with van der Waals surface area (Å²) in [5, 5.41) is 1.08. The summed E-state index contributed by atoms with van der Waals surface area (Å²) in [6.45, 7) is 2.06. The lowest BCUT2D eigenvalue weighted by Gasteiger charge is -2.40. The molecule has 1 aromatic heterocycles. The van der Waals surface area contributed by atoms with Gasteiger partial charge in [-0.25, -0.2) is 4.72 Å². The number of piperazine rings is 1. The van der Waals surface area contributed by atoms with E-state index in [1.54, 1.807) is 13.2 Å². The molecule has 8 rings (SSSR count). The van der Waals surface area contributed by atoms with Crippen LogP contribution in [0.1, 0.15) is 84.7 Å². The Bertz CT molecular complexity index is 1880. The minimum atomic E-state index is -3.96. The maximum absolute atomic E-state index is 14.8. The van der Waals surface area contributed by atoms with E-state index in [4.69, 9.17) is 4.74 Å². The number of hydrogen-bond acceptors (Lipinski definition) is 6. The zero-order valence-corrected chi connectivity index (χ0v) is 28.6. The van der Waals surface area contributed by atoms with Crippen molar-refractivity contribution in [1.82, 2.24) is 23.4 Å². The van der Waals surface area contributed by atoms with Gasteiger partial charge in [0.25, 0.3) is 5.91 Å². The number of nitrogens with one attached hydrogen (secondary N) is 1. The Morgan fingerprint density at radius 1 is 0.979 bits per heavy atom. The van der Waals surface area contributed by atoms with Crippen LogP contribution < -0.4 is 9.46 Å². The highest BCUT2D eigenvalue weighted by Crippen LogP contribution is 2.66. The van der Waals surface area contributed by atoms with Crippen LogP contribution in [0, 0.1) is 5.41 Å². The van der Waals surface area contributed by atoms with Gasteiger partial charge in [0.1, 0.15) is 5.75 Å². The number of amides is 2. The second kappa shape index (κ2) is 11.1. The molecule has 2 amide bonds. The molecule has 2 saturated carbocycles. The number of hydrogen-bond donors (Lipinski definition) is 1. The Labute approximate surface area is 277 Å². The fourth-order valence-electron chi connectivity index (χ4n) is 9.28. The molecule has 0 radical (unpaired) electrons. The monoisotopic (exact) mass is 659 g/mol. The zero-order chi connectivity index (χ0) is 32.8. The molecule has 2 aliphatic carbocycles. The molecule has 3 unspecified atom stereocenters. The van der Waals surface area contributed by atoms with Crippen LogP contribution in [0.15, 0.2) is 36.4 Å². The molecule has 3 aromatic rings. The number of carbonyl (C=O) groups is 2. The van der Waals surface area contributed by atoms with E-state index < -0.39 is 21.5 Å². The number of likely N-dealkylation sites (tertiary alicyclic amines) is 1. The average molecular weight is 660 g/mol. The van der Waals surface area contributed by atoms with Crippen LogP contribution >= 0.6 is 0 Å². The van der Waals surface area contributed by atoms with Gasteiger partial charge in [-0.1, -0.05) is 25.3 Å². The van der Waals surface area contributed by atoms with E-state index in [-0.39, 0.29) is 17.4 Å². The highest BCUT2D eigenvalue weighted by atomic mass is 32.2. The highest BCUT2D eigenvalue weighted by molar-refractivity contribution is 7.87. The smallest absolute Gasteiger partial charge is 0.303 e. The van der Waals surface area contributed by atoms with Gasteiger partial charge in [0.05, 0.1) is 18.2 Å². The third-order valence-corrected chi connectivity index (χ3v) is 13.5. The zero-order valence-electron chi connectivity index (χ0n) is 27.8. The maximum Gasteiger partial charge on any atom is 0.303 e. The quantitative estimate of drug-likeness (QED) is 0.412. The van der Waals surface area contributed by atoms with Gasteiger partial charge < -0.3 is 14.2 Å². The third-order valence-electron chi connectivity index (χ3n) is 12.0. The van der Waals surface area contributed by atoms with E-state index in [0.29, 0.717) is 24.5 Å². The first kappa shape index (κ1) is 30.9. The molecule has 4 atom stereocenters.